The Morgan fingerprint density at radius 3 is 2.38 bits per heavy atom. The molecule has 1 aromatic carbocycles. The van der Waals surface area contributed by atoms with E-state index in [2.05, 4.69) is 17.1 Å². The van der Waals surface area contributed by atoms with Crippen molar-refractivity contribution in [2.75, 3.05) is 57.3 Å². The third-order valence-electron chi connectivity index (χ3n) is 4.73. The summed E-state index contributed by atoms with van der Waals surface area (Å²) in [7, 11) is 0. The van der Waals surface area contributed by atoms with Gasteiger partial charge in [0.1, 0.15) is 5.82 Å². The molecular weight excluding hydrogens is 335 g/mol. The van der Waals surface area contributed by atoms with Crippen molar-refractivity contribution in [1.82, 2.24) is 15.1 Å². The lowest BCUT2D eigenvalue weighted by Crippen LogP contribution is -2.46. The number of carbonyl (C=O) groups is 2. The van der Waals surface area contributed by atoms with E-state index < -0.39 is 5.82 Å². The van der Waals surface area contributed by atoms with Crippen LogP contribution in [0.1, 0.15) is 31.1 Å². The van der Waals surface area contributed by atoms with Crippen LogP contribution < -0.4 is 10.2 Å². The molecule has 0 spiro atoms. The number of anilines is 1. The van der Waals surface area contributed by atoms with Crippen LogP contribution in [-0.4, -0.2) is 74.0 Å². The van der Waals surface area contributed by atoms with E-state index in [0.717, 1.165) is 32.7 Å². The Kier molecular flexibility index (Phi) is 7.38. The molecule has 6 nitrogen and oxygen atoms in total. The normalized spacial score (nSPS) is 15.0. The molecule has 0 unspecified atom stereocenters. The van der Waals surface area contributed by atoms with E-state index in [-0.39, 0.29) is 23.9 Å². The first kappa shape index (κ1) is 20.2. The number of benzene rings is 1. The summed E-state index contributed by atoms with van der Waals surface area (Å²) in [5, 5.41) is 2.67. The molecule has 0 aliphatic carbocycles. The zero-order chi connectivity index (χ0) is 19.1. The van der Waals surface area contributed by atoms with Crippen molar-refractivity contribution >= 4 is 17.5 Å². The van der Waals surface area contributed by atoms with Crippen LogP contribution in [0.25, 0.3) is 0 Å². The standard InChI is InChI=1S/C19H29FN4O2/c1-4-21-18(25)14-23(6-3)19(26)15-7-8-17(16(20)13-15)24-11-9-22(5-2)10-12-24/h7-8,13H,4-6,9-12,14H2,1-3H3,(H,21,25). The summed E-state index contributed by atoms with van der Waals surface area (Å²) in [5.41, 5.74) is 0.800. The molecule has 0 saturated carbocycles. The number of piperazine rings is 1. The van der Waals surface area contributed by atoms with Gasteiger partial charge in [-0.15, -0.1) is 0 Å². The molecule has 1 saturated heterocycles. The van der Waals surface area contributed by atoms with Crippen LogP contribution in [0.4, 0.5) is 10.1 Å². The lowest BCUT2D eigenvalue weighted by atomic mass is 10.1. The summed E-state index contributed by atoms with van der Waals surface area (Å²) < 4.78 is 14.6. The summed E-state index contributed by atoms with van der Waals surface area (Å²) in [6, 6.07) is 4.60. The SMILES string of the molecule is CCNC(=O)CN(CC)C(=O)c1ccc(N2CCN(CC)CC2)c(F)c1. The third-order valence-corrected chi connectivity index (χ3v) is 4.73. The average Bonchev–Trinajstić information content (AvgIpc) is 2.66. The number of nitrogens with one attached hydrogen (secondary N) is 1. The van der Waals surface area contributed by atoms with Crippen molar-refractivity contribution in [2.24, 2.45) is 0 Å². The van der Waals surface area contributed by atoms with Gasteiger partial charge in [-0.25, -0.2) is 4.39 Å². The van der Waals surface area contributed by atoms with Crippen molar-refractivity contribution in [1.29, 1.82) is 0 Å². The summed E-state index contributed by atoms with van der Waals surface area (Å²) in [5.74, 6) is -0.941. The molecule has 1 fully saturated rings. The van der Waals surface area contributed by atoms with E-state index in [1.807, 2.05) is 11.8 Å². The van der Waals surface area contributed by atoms with E-state index in [0.29, 0.717) is 18.8 Å². The van der Waals surface area contributed by atoms with Crippen molar-refractivity contribution in [3.8, 4) is 0 Å². The Balaban J connectivity index is 2.07. The molecule has 1 N–H and O–H groups in total. The van der Waals surface area contributed by atoms with Gasteiger partial charge in [0.05, 0.1) is 12.2 Å². The number of carbonyl (C=O) groups excluding carboxylic acids is 2. The van der Waals surface area contributed by atoms with Crippen LogP contribution in [0.2, 0.25) is 0 Å². The van der Waals surface area contributed by atoms with Crippen LogP contribution in [0, 0.1) is 5.82 Å². The molecule has 2 amide bonds. The number of amides is 2. The van der Waals surface area contributed by atoms with Crippen molar-refractivity contribution < 1.29 is 14.0 Å². The molecule has 144 valence electrons. The first-order valence-corrected chi connectivity index (χ1v) is 9.32. The second-order valence-corrected chi connectivity index (χ2v) is 6.36. The van der Waals surface area contributed by atoms with Gasteiger partial charge in [0.25, 0.3) is 5.91 Å². The maximum atomic E-state index is 14.6. The lowest BCUT2D eigenvalue weighted by molar-refractivity contribution is -0.121. The number of rotatable bonds is 7. The van der Waals surface area contributed by atoms with Gasteiger partial charge in [0.2, 0.25) is 5.91 Å². The molecule has 7 heteroatoms. The van der Waals surface area contributed by atoms with Gasteiger partial charge < -0.3 is 20.0 Å². The fourth-order valence-corrected chi connectivity index (χ4v) is 3.14. The van der Waals surface area contributed by atoms with Crippen LogP contribution in [0.3, 0.4) is 0 Å². The Hall–Kier alpha value is -2.15. The summed E-state index contributed by atoms with van der Waals surface area (Å²) >= 11 is 0. The van der Waals surface area contributed by atoms with Gasteiger partial charge in [0.15, 0.2) is 0 Å². The van der Waals surface area contributed by atoms with Crippen LogP contribution >= 0.6 is 0 Å². The topological polar surface area (TPSA) is 55.9 Å². The highest BCUT2D eigenvalue weighted by molar-refractivity contribution is 5.96. The van der Waals surface area contributed by atoms with Gasteiger partial charge in [-0.1, -0.05) is 6.92 Å². The smallest absolute Gasteiger partial charge is 0.254 e. The summed E-state index contributed by atoms with van der Waals surface area (Å²) in [6.07, 6.45) is 0. The van der Waals surface area contributed by atoms with E-state index in [1.54, 1.807) is 19.1 Å². The fourth-order valence-electron chi connectivity index (χ4n) is 3.14. The Bertz CT molecular complexity index is 630. The maximum absolute atomic E-state index is 14.6. The van der Waals surface area contributed by atoms with E-state index >= 15 is 0 Å². The number of nitrogens with zero attached hydrogens (tertiary/aromatic N) is 3. The molecular formula is C19H29FN4O2. The molecule has 0 radical (unpaired) electrons. The number of hydrogen-bond donors (Lipinski definition) is 1. The van der Waals surface area contributed by atoms with Gasteiger partial charge in [-0.05, 0) is 38.6 Å². The predicted octanol–water partition coefficient (Wildman–Crippen LogP) is 1.57. The van der Waals surface area contributed by atoms with Gasteiger partial charge in [0, 0.05) is 44.8 Å². The average molecular weight is 364 g/mol. The second kappa shape index (κ2) is 9.52. The number of likely N-dealkylation sites (N-methyl/N-ethyl adjacent to an activating group) is 3. The molecule has 2 rings (SSSR count). The van der Waals surface area contributed by atoms with Gasteiger partial charge in [-0.2, -0.15) is 0 Å². The number of hydrogen-bond acceptors (Lipinski definition) is 4. The van der Waals surface area contributed by atoms with Gasteiger partial charge >= 0.3 is 0 Å². The van der Waals surface area contributed by atoms with E-state index in [4.69, 9.17) is 0 Å². The zero-order valence-electron chi connectivity index (χ0n) is 15.9. The fraction of sp³-hybridized carbons (Fsp3) is 0.579. The summed E-state index contributed by atoms with van der Waals surface area (Å²) in [6.45, 7) is 11.0. The molecule has 0 atom stereocenters. The Morgan fingerprint density at radius 1 is 1.15 bits per heavy atom. The molecule has 1 aliphatic heterocycles. The Morgan fingerprint density at radius 2 is 1.85 bits per heavy atom. The summed E-state index contributed by atoms with van der Waals surface area (Å²) in [4.78, 5) is 30.1. The minimum absolute atomic E-state index is 0.0223. The molecule has 1 aromatic rings. The minimum Gasteiger partial charge on any atom is -0.367 e. The first-order valence-electron chi connectivity index (χ1n) is 9.32. The van der Waals surface area contributed by atoms with Gasteiger partial charge in [-0.3, -0.25) is 9.59 Å². The third kappa shape index (κ3) is 4.94. The number of halogens is 1. The van der Waals surface area contributed by atoms with Crippen LogP contribution in [-0.2, 0) is 4.79 Å². The molecule has 0 bridgehead atoms. The van der Waals surface area contributed by atoms with Crippen LogP contribution in [0.5, 0.6) is 0 Å². The first-order chi connectivity index (χ1) is 12.5. The Labute approximate surface area is 154 Å². The predicted molar refractivity (Wildman–Crippen MR) is 101 cm³/mol. The highest BCUT2D eigenvalue weighted by Crippen LogP contribution is 2.22. The quantitative estimate of drug-likeness (QED) is 0.798. The zero-order valence-corrected chi connectivity index (χ0v) is 15.9. The monoisotopic (exact) mass is 364 g/mol. The molecule has 26 heavy (non-hydrogen) atoms. The lowest BCUT2D eigenvalue weighted by Gasteiger charge is -2.35. The molecule has 0 aromatic heterocycles. The molecule has 1 heterocycles. The van der Waals surface area contributed by atoms with E-state index in [1.165, 1.54) is 11.0 Å². The molecule has 1 aliphatic rings. The van der Waals surface area contributed by atoms with E-state index in [9.17, 15) is 14.0 Å². The maximum Gasteiger partial charge on any atom is 0.254 e. The minimum atomic E-state index is -0.394. The highest BCUT2D eigenvalue weighted by atomic mass is 19.1. The van der Waals surface area contributed by atoms with Crippen LogP contribution in [0.15, 0.2) is 18.2 Å². The van der Waals surface area contributed by atoms with Crippen molar-refractivity contribution in [3.05, 3.63) is 29.6 Å². The largest absolute Gasteiger partial charge is 0.367 e. The highest BCUT2D eigenvalue weighted by Gasteiger charge is 2.22. The van der Waals surface area contributed by atoms with Crippen molar-refractivity contribution in [2.45, 2.75) is 20.8 Å². The van der Waals surface area contributed by atoms with Crippen molar-refractivity contribution in [3.63, 3.8) is 0 Å². The second-order valence-electron chi connectivity index (χ2n) is 6.36.